The average Bonchev–Trinajstić information content (AvgIpc) is 3.65. The molecule has 1 saturated carbocycles. The Morgan fingerprint density at radius 3 is 2.24 bits per heavy atom. The number of benzene rings is 4. The zero-order chi connectivity index (χ0) is 44.7. The van der Waals surface area contributed by atoms with Crippen molar-refractivity contribution in [3.8, 4) is 11.5 Å². The first kappa shape index (κ1) is 42.3. The number of imide groups is 2. The Balaban J connectivity index is 1.17. The molecule has 0 spiro atoms. The highest BCUT2D eigenvalue weighted by atomic mass is 79.9. The van der Waals surface area contributed by atoms with E-state index >= 15 is 9.59 Å². The van der Waals surface area contributed by atoms with Crippen LogP contribution in [0.4, 0.5) is 24.7 Å². The lowest BCUT2D eigenvalue weighted by Crippen LogP contribution is -2.53. The van der Waals surface area contributed by atoms with E-state index in [1.54, 1.807) is 72.8 Å². The summed E-state index contributed by atoms with van der Waals surface area (Å²) in [5.41, 5.74) is 2.03. The van der Waals surface area contributed by atoms with Gasteiger partial charge in [0.2, 0.25) is 11.8 Å². The van der Waals surface area contributed by atoms with Gasteiger partial charge in [0.1, 0.15) is 0 Å². The molecule has 4 aromatic carbocycles. The quantitative estimate of drug-likeness (QED) is 0.0883. The standard InChI is InChI=1S/C46H32BrCl2F3N4O7/c1-63-35-18-24(17-33(47)39(35)58)37-29-15-16-30-36(43(61)55(41(30)59)28-13-7-23(8-14-28)38(57)22-5-3-2-4-6-22)31(29)20-32-42(60)56(44(62)45(32,37)25-9-11-27(48)12-10-25)54-40-34(49)19-26(21-53-40)46(50,51)52/h2-15,17-19,21,30-32,36-37,58H,16,20H2,1H3,(H,53,54)/t30-,31+,32-,36-,37-,45+/m0/s1. The number of ether oxygens (including phenoxy) is 1. The summed E-state index contributed by atoms with van der Waals surface area (Å²) >= 11 is 16.1. The number of phenolic OH excluding ortho intramolecular Hbond substituents is 1. The van der Waals surface area contributed by atoms with Crippen LogP contribution < -0.4 is 15.1 Å². The summed E-state index contributed by atoms with van der Waals surface area (Å²) in [6.45, 7) is 0. The first-order valence-corrected chi connectivity index (χ1v) is 21.1. The number of anilines is 2. The van der Waals surface area contributed by atoms with Crippen molar-refractivity contribution in [1.82, 2.24) is 9.99 Å². The number of carbonyl (C=O) groups excluding carboxylic acids is 5. The Hall–Kier alpha value is -6.03. The summed E-state index contributed by atoms with van der Waals surface area (Å²) < 4.78 is 46.5. The number of carbonyl (C=O) groups is 5. The van der Waals surface area contributed by atoms with Crippen LogP contribution in [0, 0.1) is 23.7 Å². The maximum Gasteiger partial charge on any atom is 0.417 e. The van der Waals surface area contributed by atoms with Gasteiger partial charge in [-0.2, -0.15) is 18.2 Å². The molecule has 9 rings (SSSR count). The van der Waals surface area contributed by atoms with Gasteiger partial charge < -0.3 is 9.84 Å². The molecule has 4 amide bonds. The number of amides is 4. The summed E-state index contributed by atoms with van der Waals surface area (Å²) in [5.74, 6) is -8.45. The van der Waals surface area contributed by atoms with Gasteiger partial charge in [-0.1, -0.05) is 77.3 Å². The zero-order valence-corrected chi connectivity index (χ0v) is 35.8. The van der Waals surface area contributed by atoms with Gasteiger partial charge in [0.05, 0.1) is 51.0 Å². The third-order valence-corrected chi connectivity index (χ3v) is 13.7. The van der Waals surface area contributed by atoms with E-state index in [1.807, 2.05) is 6.08 Å². The van der Waals surface area contributed by atoms with Gasteiger partial charge in [0, 0.05) is 28.3 Å². The molecule has 3 fully saturated rings. The molecule has 4 aliphatic rings. The zero-order valence-electron chi connectivity index (χ0n) is 32.7. The molecule has 2 aliphatic carbocycles. The minimum absolute atomic E-state index is 0.0265. The molecule has 3 heterocycles. The number of hydrogen-bond acceptors (Lipinski definition) is 9. The molecule has 63 heavy (non-hydrogen) atoms. The lowest BCUT2D eigenvalue weighted by Gasteiger charge is -2.50. The van der Waals surface area contributed by atoms with E-state index in [0.717, 1.165) is 4.90 Å². The number of nitrogens with zero attached hydrogens (tertiary/aromatic N) is 3. The highest BCUT2D eigenvalue weighted by Gasteiger charge is 2.70. The fraction of sp³-hybridized carbons (Fsp3) is 0.217. The predicted octanol–water partition coefficient (Wildman–Crippen LogP) is 9.30. The molecule has 1 aromatic heterocycles. The molecule has 0 bridgehead atoms. The topological polar surface area (TPSA) is 146 Å². The van der Waals surface area contributed by atoms with E-state index < -0.39 is 81.2 Å². The second kappa shape index (κ2) is 15.6. The maximum absolute atomic E-state index is 15.5. The summed E-state index contributed by atoms with van der Waals surface area (Å²) in [6.07, 6.45) is -2.46. The normalized spacial score (nSPS) is 24.2. The number of pyridine rings is 1. The predicted molar refractivity (Wildman–Crippen MR) is 228 cm³/mol. The number of ketones is 1. The molecule has 320 valence electrons. The summed E-state index contributed by atoms with van der Waals surface area (Å²) in [4.78, 5) is 77.8. The minimum Gasteiger partial charge on any atom is -0.503 e. The van der Waals surface area contributed by atoms with Crippen molar-refractivity contribution < 1.29 is 47.0 Å². The largest absolute Gasteiger partial charge is 0.503 e. The number of allylic oxidation sites excluding steroid dienone is 2. The van der Waals surface area contributed by atoms with Crippen LogP contribution in [0.25, 0.3) is 0 Å². The van der Waals surface area contributed by atoms with Crippen molar-refractivity contribution in [2.75, 3.05) is 17.4 Å². The number of alkyl halides is 3. The Morgan fingerprint density at radius 1 is 0.905 bits per heavy atom. The van der Waals surface area contributed by atoms with Crippen molar-refractivity contribution in [3.63, 3.8) is 0 Å². The Bertz CT molecular complexity index is 2790. The van der Waals surface area contributed by atoms with Gasteiger partial charge in [0.25, 0.3) is 11.8 Å². The molecule has 2 saturated heterocycles. The van der Waals surface area contributed by atoms with Gasteiger partial charge >= 0.3 is 6.18 Å². The number of rotatable bonds is 8. The molecule has 2 N–H and O–H groups in total. The third kappa shape index (κ3) is 6.70. The van der Waals surface area contributed by atoms with E-state index in [0.29, 0.717) is 50.1 Å². The van der Waals surface area contributed by atoms with Gasteiger partial charge in [-0.05, 0) is 100 Å². The van der Waals surface area contributed by atoms with Crippen LogP contribution in [-0.4, -0.2) is 51.6 Å². The SMILES string of the molecule is COc1cc([C@H]2C3=CC[C@@H]4C(=O)N(c5ccc(C(=O)c6ccccc6)cc5)C(=O)[C@@H]4[C@@H]3C[C@H]3C(=O)N(Nc4ncc(C(F)(F)F)cc4Cl)C(=O)[C@@]23c2ccc(Cl)cc2)cc(Br)c1O. The van der Waals surface area contributed by atoms with E-state index in [-0.39, 0.29) is 40.3 Å². The lowest BCUT2D eigenvalue weighted by atomic mass is 9.49. The van der Waals surface area contributed by atoms with Crippen LogP contribution in [0.15, 0.2) is 119 Å². The molecule has 0 unspecified atom stereocenters. The molecule has 5 aromatic rings. The van der Waals surface area contributed by atoms with Crippen LogP contribution in [0.5, 0.6) is 11.5 Å². The number of fused-ring (bicyclic) bond motifs is 4. The molecule has 0 radical (unpaired) electrons. The van der Waals surface area contributed by atoms with Gasteiger partial charge in [-0.15, -0.1) is 0 Å². The van der Waals surface area contributed by atoms with Crippen molar-refractivity contribution in [3.05, 3.63) is 157 Å². The second-order valence-corrected chi connectivity index (χ2v) is 17.4. The average molecular weight is 961 g/mol. The van der Waals surface area contributed by atoms with Crippen molar-refractivity contribution in [2.45, 2.75) is 30.4 Å². The van der Waals surface area contributed by atoms with E-state index in [9.17, 15) is 32.7 Å². The van der Waals surface area contributed by atoms with Crippen LogP contribution in [-0.2, 0) is 30.8 Å². The molecule has 17 heteroatoms. The fourth-order valence-corrected chi connectivity index (χ4v) is 10.6. The Labute approximate surface area is 375 Å². The van der Waals surface area contributed by atoms with Gasteiger partial charge in [-0.3, -0.25) is 34.3 Å². The molecular weight excluding hydrogens is 928 g/mol. The molecular formula is C46H32BrCl2F3N4O7. The third-order valence-electron chi connectivity index (χ3n) is 12.6. The Morgan fingerprint density at radius 2 is 1.59 bits per heavy atom. The number of methoxy groups -OCH3 is 1. The van der Waals surface area contributed by atoms with Gasteiger partial charge in [-0.25, -0.2) is 4.98 Å². The fourth-order valence-electron chi connectivity index (χ4n) is 9.85. The lowest BCUT2D eigenvalue weighted by molar-refractivity contribution is -0.139. The van der Waals surface area contributed by atoms with Crippen LogP contribution in [0.1, 0.15) is 51.4 Å². The van der Waals surface area contributed by atoms with Crippen LogP contribution >= 0.6 is 39.1 Å². The number of hydrazine groups is 1. The summed E-state index contributed by atoms with van der Waals surface area (Å²) in [5, 5.41) is 11.4. The molecule has 11 nitrogen and oxygen atoms in total. The molecule has 2 aliphatic heterocycles. The minimum atomic E-state index is -4.78. The Kier molecular flexibility index (Phi) is 10.5. The number of aromatic hydroxyl groups is 1. The number of halogens is 6. The molecule has 6 atom stereocenters. The number of hydrogen-bond donors (Lipinski definition) is 2. The van der Waals surface area contributed by atoms with Crippen molar-refractivity contribution in [1.29, 1.82) is 0 Å². The highest BCUT2D eigenvalue weighted by molar-refractivity contribution is 9.10. The van der Waals surface area contributed by atoms with Crippen LogP contribution in [0.3, 0.4) is 0 Å². The van der Waals surface area contributed by atoms with E-state index in [1.165, 1.54) is 25.3 Å². The van der Waals surface area contributed by atoms with Crippen molar-refractivity contribution in [2.24, 2.45) is 23.7 Å². The number of phenols is 1. The van der Waals surface area contributed by atoms with E-state index in [4.69, 9.17) is 27.9 Å². The monoisotopic (exact) mass is 958 g/mol. The highest BCUT2D eigenvalue weighted by Crippen LogP contribution is 2.65. The second-order valence-electron chi connectivity index (χ2n) is 15.7. The summed E-state index contributed by atoms with van der Waals surface area (Å²) in [7, 11) is 1.34. The maximum atomic E-state index is 15.5. The first-order valence-electron chi connectivity index (χ1n) is 19.5. The van der Waals surface area contributed by atoms with Crippen molar-refractivity contribution >= 4 is 80.0 Å². The smallest absolute Gasteiger partial charge is 0.417 e. The van der Waals surface area contributed by atoms with E-state index in [2.05, 4.69) is 26.3 Å². The first-order chi connectivity index (χ1) is 30.1. The number of aromatic nitrogens is 1. The van der Waals surface area contributed by atoms with Crippen LogP contribution in [0.2, 0.25) is 10.0 Å². The number of nitrogens with one attached hydrogen (secondary N) is 1. The van der Waals surface area contributed by atoms with Gasteiger partial charge in [0.15, 0.2) is 23.1 Å². The summed E-state index contributed by atoms with van der Waals surface area (Å²) in [6, 6.07) is 24.9.